The van der Waals surface area contributed by atoms with Crippen molar-refractivity contribution in [3.05, 3.63) is 83.4 Å². The fourth-order valence-corrected chi connectivity index (χ4v) is 5.52. The lowest BCUT2D eigenvalue weighted by molar-refractivity contribution is 0.306. The lowest BCUT2D eigenvalue weighted by Crippen LogP contribution is -2.07. The number of halogens is 1. The zero-order chi connectivity index (χ0) is 24.0. The molecule has 0 aliphatic carbocycles. The second-order valence-corrected chi connectivity index (χ2v) is 10.4. The van der Waals surface area contributed by atoms with Crippen molar-refractivity contribution in [2.75, 3.05) is 13.2 Å². The Hall–Kier alpha value is -2.87. The third kappa shape index (κ3) is 5.43. The molecule has 0 fully saturated rings. The molecular weight excluding hydrogens is 470 g/mol. The van der Waals surface area contributed by atoms with Crippen LogP contribution in [0.5, 0.6) is 5.75 Å². The fraction of sp³-hybridized carbons (Fsp3) is 0.269. The van der Waals surface area contributed by atoms with Crippen LogP contribution in [0.4, 0.5) is 0 Å². The number of benzene rings is 3. The Labute approximate surface area is 205 Å². The van der Waals surface area contributed by atoms with Gasteiger partial charge in [0.05, 0.1) is 18.0 Å². The summed E-state index contributed by atoms with van der Waals surface area (Å²) in [7, 11) is -3.82. The highest BCUT2D eigenvalue weighted by Gasteiger charge is 2.27. The van der Waals surface area contributed by atoms with Crippen LogP contribution < -0.4 is 10.5 Å². The first kappa shape index (κ1) is 24.3. The predicted molar refractivity (Wildman–Crippen MR) is 135 cm³/mol. The summed E-state index contributed by atoms with van der Waals surface area (Å²) in [6, 6.07) is 21.3. The van der Waals surface area contributed by atoms with Gasteiger partial charge in [-0.15, -0.1) is 0 Å². The van der Waals surface area contributed by atoms with Crippen LogP contribution in [0.3, 0.4) is 0 Å². The van der Waals surface area contributed by atoms with Gasteiger partial charge in [-0.2, -0.15) is 5.10 Å². The van der Waals surface area contributed by atoms with E-state index in [0.29, 0.717) is 41.4 Å². The highest BCUT2D eigenvalue weighted by atomic mass is 35.5. The van der Waals surface area contributed by atoms with E-state index in [2.05, 4.69) is 5.10 Å². The summed E-state index contributed by atoms with van der Waals surface area (Å²) in [6.45, 7) is 1.59. The van der Waals surface area contributed by atoms with Crippen molar-refractivity contribution in [1.29, 1.82) is 0 Å². The van der Waals surface area contributed by atoms with Crippen molar-refractivity contribution in [3.63, 3.8) is 0 Å². The molecule has 0 saturated carbocycles. The standard InChI is InChI=1S/C26H28ClN3O3S/c27-21-11-8-10-20(18-21)19-30-25-23(14-9-15-24(25)33-17-7-2-1-6-16-28)26(29-30)34(31,32)22-12-4-3-5-13-22/h3-5,8-15,18H,1-2,6-7,16-17,19,28H2. The van der Waals surface area contributed by atoms with E-state index in [1.54, 1.807) is 47.1 Å². The van der Waals surface area contributed by atoms with Crippen molar-refractivity contribution in [2.24, 2.45) is 5.73 Å². The van der Waals surface area contributed by atoms with Gasteiger partial charge in [-0.25, -0.2) is 8.42 Å². The summed E-state index contributed by atoms with van der Waals surface area (Å²) in [5, 5.41) is 5.75. The van der Waals surface area contributed by atoms with Gasteiger partial charge in [0, 0.05) is 10.4 Å². The summed E-state index contributed by atoms with van der Waals surface area (Å²) in [6.07, 6.45) is 4.00. The van der Waals surface area contributed by atoms with Crippen LogP contribution in [0.15, 0.2) is 82.7 Å². The van der Waals surface area contributed by atoms with Crippen LogP contribution in [-0.2, 0) is 16.4 Å². The van der Waals surface area contributed by atoms with Crippen LogP contribution >= 0.6 is 11.6 Å². The summed E-state index contributed by atoms with van der Waals surface area (Å²) in [4.78, 5) is 0.204. The molecule has 0 spiro atoms. The minimum Gasteiger partial charge on any atom is -0.491 e. The molecule has 2 N–H and O–H groups in total. The molecule has 0 amide bonds. The van der Waals surface area contributed by atoms with E-state index >= 15 is 0 Å². The Balaban J connectivity index is 1.75. The van der Waals surface area contributed by atoms with E-state index < -0.39 is 9.84 Å². The normalized spacial score (nSPS) is 11.7. The van der Waals surface area contributed by atoms with Crippen molar-refractivity contribution in [2.45, 2.75) is 42.1 Å². The second-order valence-electron chi connectivity index (χ2n) is 8.11. The monoisotopic (exact) mass is 497 g/mol. The largest absolute Gasteiger partial charge is 0.491 e. The van der Waals surface area contributed by atoms with Gasteiger partial charge in [0.15, 0.2) is 5.03 Å². The molecule has 4 rings (SSSR count). The number of nitrogens with two attached hydrogens (primary N) is 1. The number of ether oxygens (including phenoxy) is 1. The van der Waals surface area contributed by atoms with Crippen LogP contribution in [0.1, 0.15) is 31.2 Å². The quantitative estimate of drug-likeness (QED) is 0.278. The number of hydrogen-bond acceptors (Lipinski definition) is 5. The Morgan fingerprint density at radius 3 is 2.44 bits per heavy atom. The van der Waals surface area contributed by atoms with E-state index in [-0.39, 0.29) is 9.92 Å². The molecule has 1 aromatic heterocycles. The third-order valence-electron chi connectivity index (χ3n) is 5.58. The van der Waals surface area contributed by atoms with Gasteiger partial charge < -0.3 is 10.5 Å². The van der Waals surface area contributed by atoms with Crippen molar-refractivity contribution < 1.29 is 13.2 Å². The highest BCUT2D eigenvalue weighted by Crippen LogP contribution is 2.34. The fourth-order valence-electron chi connectivity index (χ4n) is 3.91. The number of fused-ring (bicyclic) bond motifs is 1. The zero-order valence-electron chi connectivity index (χ0n) is 18.9. The first-order chi connectivity index (χ1) is 16.5. The van der Waals surface area contributed by atoms with Gasteiger partial charge in [-0.1, -0.05) is 60.8 Å². The molecule has 0 aliphatic rings. The first-order valence-electron chi connectivity index (χ1n) is 11.4. The number of para-hydroxylation sites is 1. The van der Waals surface area contributed by atoms with Crippen LogP contribution in [0.2, 0.25) is 5.02 Å². The maximum atomic E-state index is 13.5. The number of sulfone groups is 1. The Kier molecular flexibility index (Phi) is 7.88. The predicted octanol–water partition coefficient (Wildman–Crippen LogP) is 5.47. The molecule has 0 bridgehead atoms. The molecule has 8 heteroatoms. The van der Waals surface area contributed by atoms with Gasteiger partial charge in [-0.3, -0.25) is 4.68 Å². The van der Waals surface area contributed by atoms with Crippen molar-refractivity contribution in [3.8, 4) is 5.75 Å². The minimum absolute atomic E-state index is 0.0177. The molecule has 0 atom stereocenters. The van der Waals surface area contributed by atoms with Crippen LogP contribution in [0, 0.1) is 0 Å². The van der Waals surface area contributed by atoms with Gasteiger partial charge in [0.2, 0.25) is 9.84 Å². The number of unbranched alkanes of at least 4 members (excludes halogenated alkanes) is 3. The maximum Gasteiger partial charge on any atom is 0.226 e. The minimum atomic E-state index is -3.82. The number of aromatic nitrogens is 2. The van der Waals surface area contributed by atoms with E-state index in [1.165, 1.54) is 0 Å². The zero-order valence-corrected chi connectivity index (χ0v) is 20.4. The number of hydrogen-bond donors (Lipinski definition) is 1. The van der Waals surface area contributed by atoms with Crippen molar-refractivity contribution >= 4 is 32.3 Å². The lowest BCUT2D eigenvalue weighted by atomic mass is 10.2. The van der Waals surface area contributed by atoms with Gasteiger partial charge in [0.1, 0.15) is 11.3 Å². The molecule has 6 nitrogen and oxygen atoms in total. The summed E-state index contributed by atoms with van der Waals surface area (Å²) in [5.41, 5.74) is 7.13. The molecule has 1 heterocycles. The summed E-state index contributed by atoms with van der Waals surface area (Å²) < 4.78 is 34.8. The molecule has 0 aliphatic heterocycles. The molecule has 0 radical (unpaired) electrons. The van der Waals surface area contributed by atoms with Crippen molar-refractivity contribution in [1.82, 2.24) is 9.78 Å². The second kappa shape index (κ2) is 11.0. The molecule has 178 valence electrons. The van der Waals surface area contributed by atoms with Crippen LogP contribution in [-0.4, -0.2) is 31.3 Å². The van der Waals surface area contributed by atoms with Gasteiger partial charge in [-0.05, 0) is 61.3 Å². The maximum absolute atomic E-state index is 13.5. The van der Waals surface area contributed by atoms with E-state index in [1.807, 2.05) is 30.3 Å². The van der Waals surface area contributed by atoms with E-state index in [4.69, 9.17) is 22.1 Å². The topological polar surface area (TPSA) is 87.2 Å². The van der Waals surface area contributed by atoms with Gasteiger partial charge >= 0.3 is 0 Å². The smallest absolute Gasteiger partial charge is 0.226 e. The highest BCUT2D eigenvalue weighted by molar-refractivity contribution is 7.91. The Bertz CT molecular complexity index is 1350. The average Bonchev–Trinajstić information content (AvgIpc) is 3.22. The molecule has 0 saturated heterocycles. The molecule has 0 unspecified atom stereocenters. The average molecular weight is 498 g/mol. The molecule has 34 heavy (non-hydrogen) atoms. The SMILES string of the molecule is NCCCCCCOc1cccc2c(S(=O)(=O)c3ccccc3)nn(Cc3cccc(Cl)c3)c12. The first-order valence-corrected chi connectivity index (χ1v) is 13.2. The number of rotatable bonds is 11. The lowest BCUT2D eigenvalue weighted by Gasteiger charge is -2.10. The van der Waals surface area contributed by atoms with Gasteiger partial charge in [0.25, 0.3) is 0 Å². The molecule has 4 aromatic rings. The summed E-state index contributed by atoms with van der Waals surface area (Å²) >= 11 is 6.18. The summed E-state index contributed by atoms with van der Waals surface area (Å²) in [5.74, 6) is 0.611. The van der Waals surface area contributed by atoms with E-state index in [9.17, 15) is 8.42 Å². The van der Waals surface area contributed by atoms with E-state index in [0.717, 1.165) is 31.2 Å². The molecule has 3 aromatic carbocycles. The molecular formula is C26H28ClN3O3S. The Morgan fingerprint density at radius 1 is 0.912 bits per heavy atom. The number of nitrogens with zero attached hydrogens (tertiary/aromatic N) is 2. The van der Waals surface area contributed by atoms with Crippen LogP contribution in [0.25, 0.3) is 10.9 Å². The Morgan fingerprint density at radius 2 is 1.68 bits per heavy atom. The third-order valence-corrected chi connectivity index (χ3v) is 7.52.